The van der Waals surface area contributed by atoms with E-state index in [9.17, 15) is 14.4 Å². The lowest BCUT2D eigenvalue weighted by atomic mass is 9.95. The minimum atomic E-state index is -0.541. The molecule has 0 aliphatic heterocycles. The molecule has 2 rings (SSSR count). The molecule has 154 valence electrons. The standard InChI is InChI=1S/C22H26N2O5/c1-28-21(26)12-13-23-20(25)14-19(18-10-6-3-7-11-18)15-24-22(27)29-16-17-8-4-2-5-9-17/h2-11,19H,12-16H2,1H3,(H,23,25)(H,24,27)/t19-/m0/s1. The minimum absolute atomic E-state index is 0.113. The van der Waals surface area contributed by atoms with Crippen molar-refractivity contribution in [2.24, 2.45) is 0 Å². The predicted molar refractivity (Wildman–Crippen MR) is 108 cm³/mol. The van der Waals surface area contributed by atoms with Crippen molar-refractivity contribution in [3.63, 3.8) is 0 Å². The van der Waals surface area contributed by atoms with Gasteiger partial charge in [-0.2, -0.15) is 0 Å². The maximum Gasteiger partial charge on any atom is 0.407 e. The number of amides is 2. The van der Waals surface area contributed by atoms with Crippen molar-refractivity contribution in [1.29, 1.82) is 0 Å². The van der Waals surface area contributed by atoms with Crippen LogP contribution in [0.15, 0.2) is 60.7 Å². The van der Waals surface area contributed by atoms with Crippen LogP contribution >= 0.6 is 0 Å². The van der Waals surface area contributed by atoms with Gasteiger partial charge < -0.3 is 20.1 Å². The van der Waals surface area contributed by atoms with Gasteiger partial charge in [0.25, 0.3) is 0 Å². The zero-order valence-corrected chi connectivity index (χ0v) is 16.4. The first kappa shape index (κ1) is 21.9. The smallest absolute Gasteiger partial charge is 0.407 e. The molecule has 0 aromatic heterocycles. The highest BCUT2D eigenvalue weighted by Crippen LogP contribution is 2.18. The fourth-order valence-electron chi connectivity index (χ4n) is 2.72. The van der Waals surface area contributed by atoms with Crippen molar-refractivity contribution in [2.45, 2.75) is 25.4 Å². The van der Waals surface area contributed by atoms with Crippen molar-refractivity contribution in [1.82, 2.24) is 10.6 Å². The lowest BCUT2D eigenvalue weighted by molar-refractivity contribution is -0.140. The second-order valence-corrected chi connectivity index (χ2v) is 6.43. The molecule has 0 aliphatic carbocycles. The highest BCUT2D eigenvalue weighted by atomic mass is 16.5. The molecule has 2 aromatic carbocycles. The summed E-state index contributed by atoms with van der Waals surface area (Å²) in [5, 5.41) is 5.42. The summed E-state index contributed by atoms with van der Waals surface area (Å²) >= 11 is 0. The molecule has 2 aromatic rings. The third-order valence-corrected chi connectivity index (χ3v) is 4.29. The minimum Gasteiger partial charge on any atom is -0.469 e. The van der Waals surface area contributed by atoms with Gasteiger partial charge in [0.1, 0.15) is 6.61 Å². The molecule has 0 heterocycles. The summed E-state index contributed by atoms with van der Waals surface area (Å²) in [6.45, 7) is 0.637. The van der Waals surface area contributed by atoms with Crippen molar-refractivity contribution < 1.29 is 23.9 Å². The topological polar surface area (TPSA) is 93.7 Å². The molecule has 0 unspecified atom stereocenters. The Hall–Kier alpha value is -3.35. The lowest BCUT2D eigenvalue weighted by Gasteiger charge is -2.18. The van der Waals surface area contributed by atoms with Gasteiger partial charge in [-0.05, 0) is 11.1 Å². The summed E-state index contributed by atoms with van der Waals surface area (Å²) < 4.78 is 9.77. The number of rotatable bonds is 10. The molecule has 0 radical (unpaired) electrons. The van der Waals surface area contributed by atoms with Crippen molar-refractivity contribution in [2.75, 3.05) is 20.2 Å². The van der Waals surface area contributed by atoms with Gasteiger partial charge in [0, 0.05) is 25.4 Å². The Morgan fingerprint density at radius 1 is 0.931 bits per heavy atom. The first-order chi connectivity index (χ1) is 14.1. The van der Waals surface area contributed by atoms with E-state index >= 15 is 0 Å². The number of esters is 1. The molecule has 0 fully saturated rings. The molecule has 7 nitrogen and oxygen atoms in total. The van der Waals surface area contributed by atoms with Crippen LogP contribution in [-0.4, -0.2) is 38.2 Å². The normalized spacial score (nSPS) is 11.2. The monoisotopic (exact) mass is 398 g/mol. The van der Waals surface area contributed by atoms with Crippen LogP contribution in [0.25, 0.3) is 0 Å². The quantitative estimate of drug-likeness (QED) is 0.600. The molecular formula is C22H26N2O5. The average Bonchev–Trinajstić information content (AvgIpc) is 2.76. The van der Waals surface area contributed by atoms with Crippen LogP contribution in [-0.2, 0) is 25.7 Å². The van der Waals surface area contributed by atoms with Gasteiger partial charge in [0.2, 0.25) is 5.91 Å². The van der Waals surface area contributed by atoms with Gasteiger partial charge >= 0.3 is 12.1 Å². The molecule has 0 aliphatic rings. The summed E-state index contributed by atoms with van der Waals surface area (Å²) in [6.07, 6.45) is -0.257. The van der Waals surface area contributed by atoms with E-state index in [1.165, 1.54) is 7.11 Å². The van der Waals surface area contributed by atoms with Crippen LogP contribution in [0, 0.1) is 0 Å². The molecule has 0 saturated carbocycles. The Kier molecular flexibility index (Phi) is 9.21. The van der Waals surface area contributed by atoms with Gasteiger partial charge in [-0.25, -0.2) is 4.79 Å². The van der Waals surface area contributed by atoms with Crippen molar-refractivity contribution >= 4 is 18.0 Å². The molecule has 2 amide bonds. The average molecular weight is 398 g/mol. The Bertz CT molecular complexity index is 780. The van der Waals surface area contributed by atoms with Crippen molar-refractivity contribution in [3.05, 3.63) is 71.8 Å². The Labute approximate surface area is 170 Å². The maximum absolute atomic E-state index is 12.2. The summed E-state index contributed by atoms with van der Waals surface area (Å²) in [5.74, 6) is -0.812. The van der Waals surface area contributed by atoms with E-state index in [-0.39, 0.29) is 50.3 Å². The number of alkyl carbamates (subject to hydrolysis) is 1. The van der Waals surface area contributed by atoms with E-state index in [1.54, 1.807) is 0 Å². The van der Waals surface area contributed by atoms with Gasteiger partial charge in [-0.1, -0.05) is 60.7 Å². The van der Waals surface area contributed by atoms with Crippen LogP contribution in [0.5, 0.6) is 0 Å². The van der Waals surface area contributed by atoms with E-state index in [0.29, 0.717) is 0 Å². The van der Waals surface area contributed by atoms with Crippen LogP contribution in [0.2, 0.25) is 0 Å². The summed E-state index contributed by atoms with van der Waals surface area (Å²) in [6, 6.07) is 18.9. The van der Waals surface area contributed by atoms with Crippen LogP contribution in [0.1, 0.15) is 29.9 Å². The SMILES string of the molecule is COC(=O)CCNC(=O)C[C@@H](CNC(=O)OCc1ccccc1)c1ccccc1. The molecule has 29 heavy (non-hydrogen) atoms. The summed E-state index contributed by atoms with van der Waals surface area (Å²) in [5.41, 5.74) is 1.83. The van der Waals surface area contributed by atoms with E-state index in [0.717, 1.165) is 11.1 Å². The molecule has 1 atom stereocenters. The number of carbonyl (C=O) groups excluding carboxylic acids is 3. The third kappa shape index (κ3) is 8.47. The number of benzene rings is 2. The second-order valence-electron chi connectivity index (χ2n) is 6.43. The number of methoxy groups -OCH3 is 1. The Balaban J connectivity index is 1.85. The largest absolute Gasteiger partial charge is 0.469 e. The Morgan fingerprint density at radius 3 is 2.24 bits per heavy atom. The predicted octanol–water partition coefficient (Wildman–Crippen LogP) is 2.77. The highest BCUT2D eigenvalue weighted by molar-refractivity contribution is 5.78. The number of hydrogen-bond donors (Lipinski definition) is 2. The van der Waals surface area contributed by atoms with Crippen molar-refractivity contribution in [3.8, 4) is 0 Å². The zero-order valence-electron chi connectivity index (χ0n) is 16.4. The number of ether oxygens (including phenoxy) is 2. The van der Waals surface area contributed by atoms with E-state index in [2.05, 4.69) is 15.4 Å². The van der Waals surface area contributed by atoms with Gasteiger partial charge in [0.05, 0.1) is 13.5 Å². The molecular weight excluding hydrogens is 372 g/mol. The molecule has 0 spiro atoms. The fraction of sp³-hybridized carbons (Fsp3) is 0.318. The number of nitrogens with one attached hydrogen (secondary N) is 2. The molecule has 0 bridgehead atoms. The maximum atomic E-state index is 12.2. The highest BCUT2D eigenvalue weighted by Gasteiger charge is 2.17. The first-order valence-electron chi connectivity index (χ1n) is 9.41. The zero-order chi connectivity index (χ0) is 20.9. The molecule has 7 heteroatoms. The second kappa shape index (κ2) is 12.2. The van der Waals surface area contributed by atoms with E-state index < -0.39 is 6.09 Å². The number of hydrogen-bond acceptors (Lipinski definition) is 5. The molecule has 2 N–H and O–H groups in total. The van der Waals surface area contributed by atoms with Crippen LogP contribution < -0.4 is 10.6 Å². The lowest BCUT2D eigenvalue weighted by Crippen LogP contribution is -2.33. The summed E-state index contributed by atoms with van der Waals surface area (Å²) in [4.78, 5) is 35.4. The van der Waals surface area contributed by atoms with E-state index in [4.69, 9.17) is 4.74 Å². The third-order valence-electron chi connectivity index (χ3n) is 4.29. The summed E-state index contributed by atoms with van der Waals surface area (Å²) in [7, 11) is 1.30. The van der Waals surface area contributed by atoms with Crippen LogP contribution in [0.3, 0.4) is 0 Å². The van der Waals surface area contributed by atoms with Gasteiger partial charge in [-0.3, -0.25) is 9.59 Å². The first-order valence-corrected chi connectivity index (χ1v) is 9.41. The Morgan fingerprint density at radius 2 is 1.59 bits per heavy atom. The number of carbonyl (C=O) groups is 3. The van der Waals surface area contributed by atoms with Gasteiger partial charge in [0.15, 0.2) is 0 Å². The van der Waals surface area contributed by atoms with Crippen LogP contribution in [0.4, 0.5) is 4.79 Å². The van der Waals surface area contributed by atoms with E-state index in [1.807, 2.05) is 60.7 Å². The molecule has 0 saturated heterocycles. The van der Waals surface area contributed by atoms with Gasteiger partial charge in [-0.15, -0.1) is 0 Å². The fourth-order valence-corrected chi connectivity index (χ4v) is 2.72.